The fourth-order valence-corrected chi connectivity index (χ4v) is 3.34. The molecular weight excluding hydrogens is 304 g/mol. The van der Waals surface area contributed by atoms with E-state index in [1.165, 1.54) is 25.7 Å². The summed E-state index contributed by atoms with van der Waals surface area (Å²) in [4.78, 5) is 12.1. The van der Waals surface area contributed by atoms with Gasteiger partial charge < -0.3 is 11.1 Å². The van der Waals surface area contributed by atoms with Crippen LogP contribution in [-0.2, 0) is 0 Å². The lowest BCUT2D eigenvalue weighted by Crippen LogP contribution is -2.31. The topological polar surface area (TPSA) is 55.1 Å². The molecule has 4 heteroatoms. The molecular formula is C15H21BrN2O. The summed E-state index contributed by atoms with van der Waals surface area (Å²) in [6.07, 6.45) is 5.06. The molecule has 2 rings (SSSR count). The van der Waals surface area contributed by atoms with Gasteiger partial charge in [0.15, 0.2) is 0 Å². The van der Waals surface area contributed by atoms with Gasteiger partial charge in [-0.05, 0) is 42.9 Å². The third kappa shape index (κ3) is 4.23. The van der Waals surface area contributed by atoms with Crippen LogP contribution in [0.3, 0.4) is 0 Å². The molecule has 0 saturated heterocycles. The van der Waals surface area contributed by atoms with Crippen molar-refractivity contribution in [1.29, 1.82) is 0 Å². The van der Waals surface area contributed by atoms with E-state index in [9.17, 15) is 4.79 Å². The van der Waals surface area contributed by atoms with Gasteiger partial charge in [-0.3, -0.25) is 4.79 Å². The summed E-state index contributed by atoms with van der Waals surface area (Å²) in [7, 11) is 0. The van der Waals surface area contributed by atoms with Gasteiger partial charge in [0, 0.05) is 22.3 Å². The highest BCUT2D eigenvalue weighted by Gasteiger charge is 2.19. The molecule has 2 unspecified atom stereocenters. The largest absolute Gasteiger partial charge is 0.399 e. The standard InChI is InChI=1S/C15H21BrN2O/c1-10-3-2-4-11(5-10)9-18-15(19)12-6-13(16)8-14(17)7-12/h6-8,10-11H,2-5,9,17H2,1H3,(H,18,19). The lowest BCUT2D eigenvalue weighted by Gasteiger charge is -2.26. The molecule has 1 fully saturated rings. The molecule has 1 saturated carbocycles. The summed E-state index contributed by atoms with van der Waals surface area (Å²) in [5.74, 6) is 1.38. The molecule has 19 heavy (non-hydrogen) atoms. The number of nitrogen functional groups attached to an aromatic ring is 1. The van der Waals surface area contributed by atoms with Gasteiger partial charge in [0.05, 0.1) is 0 Å². The van der Waals surface area contributed by atoms with E-state index < -0.39 is 0 Å². The van der Waals surface area contributed by atoms with Gasteiger partial charge >= 0.3 is 0 Å². The zero-order valence-corrected chi connectivity index (χ0v) is 12.9. The van der Waals surface area contributed by atoms with Gasteiger partial charge in [0.1, 0.15) is 0 Å². The number of hydrogen-bond acceptors (Lipinski definition) is 2. The van der Waals surface area contributed by atoms with Crippen LogP contribution in [0.1, 0.15) is 43.0 Å². The lowest BCUT2D eigenvalue weighted by atomic mass is 9.82. The number of hydrogen-bond donors (Lipinski definition) is 2. The van der Waals surface area contributed by atoms with Crippen molar-refractivity contribution in [2.75, 3.05) is 12.3 Å². The third-order valence-electron chi connectivity index (χ3n) is 3.78. The summed E-state index contributed by atoms with van der Waals surface area (Å²) in [6, 6.07) is 5.30. The van der Waals surface area contributed by atoms with Gasteiger partial charge in [0.2, 0.25) is 0 Å². The first kappa shape index (κ1) is 14.4. The average molecular weight is 325 g/mol. The normalized spacial score (nSPS) is 23.1. The first-order valence-corrected chi connectivity index (χ1v) is 7.68. The summed E-state index contributed by atoms with van der Waals surface area (Å²) < 4.78 is 0.837. The van der Waals surface area contributed by atoms with Crippen molar-refractivity contribution in [2.24, 2.45) is 11.8 Å². The van der Waals surface area contributed by atoms with Crippen LogP contribution in [0, 0.1) is 11.8 Å². The molecule has 0 aromatic heterocycles. The van der Waals surface area contributed by atoms with Crippen LogP contribution in [0.25, 0.3) is 0 Å². The van der Waals surface area contributed by atoms with Gasteiger partial charge in [-0.1, -0.05) is 35.7 Å². The van der Waals surface area contributed by atoms with Gasteiger partial charge in [-0.15, -0.1) is 0 Å². The molecule has 2 atom stereocenters. The third-order valence-corrected chi connectivity index (χ3v) is 4.24. The van der Waals surface area contributed by atoms with Crippen molar-refractivity contribution >= 4 is 27.5 Å². The molecule has 1 aromatic rings. The molecule has 1 aliphatic rings. The molecule has 0 bridgehead atoms. The number of carbonyl (C=O) groups excluding carboxylic acids is 1. The van der Waals surface area contributed by atoms with Crippen molar-refractivity contribution < 1.29 is 4.79 Å². The Morgan fingerprint density at radius 1 is 1.42 bits per heavy atom. The maximum absolute atomic E-state index is 12.1. The predicted octanol–water partition coefficient (Wildman–Crippen LogP) is 3.59. The van der Waals surface area contributed by atoms with Crippen LogP contribution in [0.15, 0.2) is 22.7 Å². The molecule has 0 spiro atoms. The second-order valence-electron chi connectivity index (χ2n) is 5.62. The number of nitrogens with two attached hydrogens (primary N) is 1. The Labute approximate surface area is 123 Å². The molecule has 104 valence electrons. The summed E-state index contributed by atoms with van der Waals surface area (Å²) in [5.41, 5.74) is 6.97. The van der Waals surface area contributed by atoms with Crippen LogP contribution in [0.5, 0.6) is 0 Å². The second-order valence-corrected chi connectivity index (χ2v) is 6.54. The lowest BCUT2D eigenvalue weighted by molar-refractivity contribution is 0.0940. The average Bonchev–Trinajstić information content (AvgIpc) is 2.35. The Balaban J connectivity index is 1.90. The van der Waals surface area contributed by atoms with Crippen molar-refractivity contribution in [3.8, 4) is 0 Å². The highest BCUT2D eigenvalue weighted by Crippen LogP contribution is 2.28. The van der Waals surface area contributed by atoms with Gasteiger partial charge in [-0.25, -0.2) is 0 Å². The summed E-state index contributed by atoms with van der Waals surface area (Å²) in [6.45, 7) is 3.07. The van der Waals surface area contributed by atoms with E-state index in [0.29, 0.717) is 17.2 Å². The van der Waals surface area contributed by atoms with Crippen LogP contribution in [0.2, 0.25) is 0 Å². The Morgan fingerprint density at radius 2 is 2.21 bits per heavy atom. The van der Waals surface area contributed by atoms with Crippen molar-refractivity contribution in [1.82, 2.24) is 5.32 Å². The molecule has 0 radical (unpaired) electrons. The Hall–Kier alpha value is -1.03. The number of carbonyl (C=O) groups is 1. The maximum Gasteiger partial charge on any atom is 0.251 e. The SMILES string of the molecule is CC1CCCC(CNC(=O)c2cc(N)cc(Br)c2)C1. The highest BCUT2D eigenvalue weighted by atomic mass is 79.9. The summed E-state index contributed by atoms with van der Waals surface area (Å²) >= 11 is 3.36. The Bertz CT molecular complexity index is 441. The van der Waals surface area contributed by atoms with E-state index in [0.717, 1.165) is 16.9 Å². The minimum Gasteiger partial charge on any atom is -0.399 e. The molecule has 1 aliphatic carbocycles. The first-order valence-electron chi connectivity index (χ1n) is 6.89. The van der Waals surface area contributed by atoms with Gasteiger partial charge in [0.25, 0.3) is 5.91 Å². The minimum atomic E-state index is -0.0359. The number of rotatable bonds is 3. The Morgan fingerprint density at radius 3 is 2.89 bits per heavy atom. The number of amides is 1. The van der Waals surface area contributed by atoms with Crippen LogP contribution < -0.4 is 11.1 Å². The van der Waals surface area contributed by atoms with Crippen molar-refractivity contribution in [2.45, 2.75) is 32.6 Å². The number of benzene rings is 1. The fraction of sp³-hybridized carbons (Fsp3) is 0.533. The minimum absolute atomic E-state index is 0.0359. The van der Waals surface area contributed by atoms with Crippen LogP contribution in [0.4, 0.5) is 5.69 Å². The molecule has 3 N–H and O–H groups in total. The summed E-state index contributed by atoms with van der Waals surface area (Å²) in [5, 5.41) is 3.03. The first-order chi connectivity index (χ1) is 9.04. The smallest absolute Gasteiger partial charge is 0.251 e. The molecule has 0 heterocycles. The quantitative estimate of drug-likeness (QED) is 0.835. The van der Waals surface area contributed by atoms with E-state index in [-0.39, 0.29) is 5.91 Å². The van der Waals surface area contributed by atoms with E-state index in [1.54, 1.807) is 18.2 Å². The van der Waals surface area contributed by atoms with Gasteiger partial charge in [-0.2, -0.15) is 0 Å². The molecule has 1 aromatic carbocycles. The highest BCUT2D eigenvalue weighted by molar-refractivity contribution is 9.10. The zero-order chi connectivity index (χ0) is 13.8. The van der Waals surface area contributed by atoms with E-state index >= 15 is 0 Å². The number of anilines is 1. The van der Waals surface area contributed by atoms with Crippen molar-refractivity contribution in [3.05, 3.63) is 28.2 Å². The molecule has 1 amide bonds. The van der Waals surface area contributed by atoms with Crippen molar-refractivity contribution in [3.63, 3.8) is 0 Å². The Kier molecular flexibility index (Phi) is 4.86. The molecule has 3 nitrogen and oxygen atoms in total. The van der Waals surface area contributed by atoms with E-state index in [4.69, 9.17) is 5.73 Å². The van der Waals surface area contributed by atoms with E-state index in [2.05, 4.69) is 28.2 Å². The van der Waals surface area contributed by atoms with Crippen LogP contribution in [-0.4, -0.2) is 12.5 Å². The maximum atomic E-state index is 12.1. The van der Waals surface area contributed by atoms with E-state index in [1.807, 2.05) is 0 Å². The second kappa shape index (κ2) is 6.42. The predicted molar refractivity (Wildman–Crippen MR) is 82.0 cm³/mol. The number of nitrogens with one attached hydrogen (secondary N) is 1. The monoisotopic (exact) mass is 324 g/mol. The van der Waals surface area contributed by atoms with Crippen LogP contribution >= 0.6 is 15.9 Å². The fourth-order valence-electron chi connectivity index (χ4n) is 2.83. The molecule has 0 aliphatic heterocycles. The zero-order valence-electron chi connectivity index (χ0n) is 11.3. The number of halogens is 1.